The van der Waals surface area contributed by atoms with Crippen LogP contribution >= 0.6 is 0 Å². The molecule has 2 N–H and O–H groups in total. The molecule has 0 aliphatic carbocycles. The second-order valence-corrected chi connectivity index (χ2v) is 19.8. The summed E-state index contributed by atoms with van der Waals surface area (Å²) in [5.41, 5.74) is 6.87. The van der Waals surface area contributed by atoms with Crippen molar-refractivity contribution in [1.29, 1.82) is 0 Å². The number of amides is 2. The third-order valence-corrected chi connectivity index (χ3v) is 12.1. The molecule has 2 aliphatic rings. The maximum absolute atomic E-state index is 12.4. The number of rotatable bonds is 8. The number of para-hydroxylation sites is 1. The van der Waals surface area contributed by atoms with Gasteiger partial charge in [-0.3, -0.25) is 14.3 Å². The van der Waals surface area contributed by atoms with Gasteiger partial charge in [0.1, 0.15) is 11.2 Å². The molecule has 5 aromatic rings. The van der Waals surface area contributed by atoms with Gasteiger partial charge in [-0.25, -0.2) is 9.59 Å². The van der Waals surface area contributed by atoms with Gasteiger partial charge in [0.2, 0.25) is 0 Å². The van der Waals surface area contributed by atoms with Crippen LogP contribution in [0.25, 0.3) is 21.5 Å². The predicted octanol–water partition coefficient (Wildman–Crippen LogP) is 10.8. The molecule has 2 aliphatic heterocycles. The number of carbonyl (C=O) groups is 2. The van der Waals surface area contributed by atoms with Crippen LogP contribution in [0, 0.1) is 16.0 Å². The summed E-state index contributed by atoms with van der Waals surface area (Å²) in [6, 6.07) is 34.8. The van der Waals surface area contributed by atoms with Gasteiger partial charge in [-0.15, -0.1) is 0 Å². The third kappa shape index (κ3) is 13.7. The van der Waals surface area contributed by atoms with Crippen LogP contribution in [0.15, 0.2) is 114 Å². The van der Waals surface area contributed by atoms with Crippen LogP contribution in [-0.2, 0) is 23.8 Å². The van der Waals surface area contributed by atoms with E-state index in [1.807, 2.05) is 44.7 Å². The minimum Gasteiger partial charge on any atom is -0.444 e. The number of nitrogens with two attached hydrogens (primary N) is 1. The lowest BCUT2D eigenvalue weighted by molar-refractivity contribution is -0.387. The lowest BCUT2D eigenvalue weighted by atomic mass is 9.87. The van der Waals surface area contributed by atoms with Crippen LogP contribution in [0.5, 0.6) is 0 Å². The fraction of sp³-hybridized carbons (Fsp3) is 0.429. The third-order valence-electron chi connectivity index (χ3n) is 10.7. The molecule has 0 saturated carbocycles. The largest absolute Gasteiger partial charge is 0.444 e. The Morgan fingerprint density at radius 2 is 1.19 bits per heavy atom. The Hall–Kier alpha value is -5.57. The first-order valence-electron chi connectivity index (χ1n) is 21.5. The van der Waals surface area contributed by atoms with Crippen molar-refractivity contribution in [2.75, 3.05) is 26.2 Å². The summed E-state index contributed by atoms with van der Waals surface area (Å²) in [4.78, 5) is 37.2. The Bertz CT molecular complexity index is 2470. The van der Waals surface area contributed by atoms with Gasteiger partial charge >= 0.3 is 22.3 Å². The summed E-state index contributed by atoms with van der Waals surface area (Å²) in [5, 5.41) is 16.2. The molecule has 2 amide bonds. The van der Waals surface area contributed by atoms with E-state index in [4.69, 9.17) is 19.4 Å². The number of ether oxygens (including phenoxy) is 2. The van der Waals surface area contributed by atoms with Gasteiger partial charge in [-0.1, -0.05) is 104 Å². The first kappa shape index (κ1) is 48.5. The zero-order chi connectivity index (χ0) is 46.1. The molecule has 0 spiro atoms. The highest BCUT2D eigenvalue weighted by Crippen LogP contribution is 2.34. The molecule has 4 atom stereocenters. The number of benzene rings is 5. The first-order valence-corrected chi connectivity index (χ1v) is 22.9. The van der Waals surface area contributed by atoms with E-state index in [1.54, 1.807) is 20.8 Å². The minimum absolute atomic E-state index is 0.0365. The molecule has 5 aromatic carbocycles. The van der Waals surface area contributed by atoms with Crippen LogP contribution in [0.2, 0.25) is 0 Å². The van der Waals surface area contributed by atoms with E-state index < -0.39 is 49.0 Å². The van der Waals surface area contributed by atoms with E-state index in [-0.39, 0.29) is 25.2 Å². The molecule has 63 heavy (non-hydrogen) atoms. The van der Waals surface area contributed by atoms with Crippen molar-refractivity contribution in [3.8, 4) is 0 Å². The number of likely N-dealkylation sites (tertiary alicyclic amines) is 2. The van der Waals surface area contributed by atoms with Crippen LogP contribution in [0.1, 0.15) is 97.7 Å². The van der Waals surface area contributed by atoms with Crippen LogP contribution in [-0.4, -0.2) is 78.8 Å². The van der Waals surface area contributed by atoms with E-state index in [9.17, 15) is 28.1 Å². The standard InChI is InChI=1S/C22H29NO2.C15H20N2O7S.C12H13N/c1-16(19-11-7-9-18-8-5-6-10-20(18)19)14-17-12-13-23(15-17)21(24)25-22(2,3)4;1-15(2,3)23-14(18)16-9-8-11(10-16)24-25(21,22)13-7-5-4-6-12(13)17(19)20;1-9(13)11-8-4-6-10-5-2-3-7-12(10)11/h5-11,16-17H,12-15H2,1-4H3;4-7,11H,8-10H2,1-3H3;2-9H,13H2,1H3/t16-,17+;11-;9-/m001/s1. The van der Waals surface area contributed by atoms with Crippen LogP contribution in [0.4, 0.5) is 15.3 Å². The molecular formula is C49H62N4O9S. The summed E-state index contributed by atoms with van der Waals surface area (Å²) in [6.07, 6.45) is 0.952. The van der Waals surface area contributed by atoms with Crippen LogP contribution < -0.4 is 5.73 Å². The Morgan fingerprint density at radius 1 is 0.714 bits per heavy atom. The minimum atomic E-state index is -4.32. The zero-order valence-electron chi connectivity index (χ0n) is 37.7. The number of hydrogen-bond acceptors (Lipinski definition) is 10. The number of nitrogens with zero attached hydrogens (tertiary/aromatic N) is 3. The van der Waals surface area contributed by atoms with E-state index in [2.05, 4.69) is 79.7 Å². The number of hydrogen-bond donors (Lipinski definition) is 1. The van der Waals surface area contributed by atoms with E-state index in [0.717, 1.165) is 38.1 Å². The van der Waals surface area contributed by atoms with E-state index >= 15 is 0 Å². The van der Waals surface area contributed by atoms with Crippen molar-refractivity contribution >= 4 is 49.5 Å². The van der Waals surface area contributed by atoms with Gasteiger partial charge in [0.05, 0.1) is 17.6 Å². The number of fused-ring (bicyclic) bond motifs is 2. The molecule has 0 unspecified atom stereocenters. The van der Waals surface area contributed by atoms with Crippen molar-refractivity contribution in [3.63, 3.8) is 0 Å². The van der Waals surface area contributed by atoms with Gasteiger partial charge in [-0.05, 0) is 118 Å². The molecular weight excluding hydrogens is 821 g/mol. The molecule has 2 fully saturated rings. The Morgan fingerprint density at radius 3 is 1.75 bits per heavy atom. The molecule has 0 radical (unpaired) electrons. The fourth-order valence-corrected chi connectivity index (χ4v) is 9.08. The Kier molecular flexibility index (Phi) is 16.0. The molecule has 13 nitrogen and oxygen atoms in total. The SMILES string of the molecule is CC(C)(C)OC(=O)N1CC[C@H](OS(=O)(=O)c2ccccc2[N+](=O)[O-])C1.C[C@@H](C[C@H]1CCN(C(=O)OC(C)(C)C)C1)c1cccc2ccccc12.C[C@@H](N)c1cccc2ccccc12. The van der Waals surface area contributed by atoms with Gasteiger partial charge < -0.3 is 25.0 Å². The van der Waals surface area contributed by atoms with Crippen molar-refractivity contribution < 1.29 is 36.6 Å². The maximum Gasteiger partial charge on any atom is 0.410 e. The smallest absolute Gasteiger partial charge is 0.410 e. The highest BCUT2D eigenvalue weighted by molar-refractivity contribution is 7.87. The van der Waals surface area contributed by atoms with Crippen molar-refractivity contribution in [3.05, 3.63) is 130 Å². The molecule has 7 rings (SSSR count). The summed E-state index contributed by atoms with van der Waals surface area (Å²) in [5.74, 6) is 1.02. The van der Waals surface area contributed by atoms with E-state index in [1.165, 1.54) is 49.7 Å². The quantitative estimate of drug-likeness (QED) is 0.0898. The highest BCUT2D eigenvalue weighted by atomic mass is 32.2. The Balaban J connectivity index is 0.000000187. The predicted molar refractivity (Wildman–Crippen MR) is 247 cm³/mol. The fourth-order valence-electron chi connectivity index (χ4n) is 7.82. The summed E-state index contributed by atoms with van der Waals surface area (Å²) in [6.45, 7) is 17.2. The average molecular weight is 883 g/mol. The molecule has 2 heterocycles. The topological polar surface area (TPSA) is 172 Å². The summed E-state index contributed by atoms with van der Waals surface area (Å²) >= 11 is 0. The average Bonchev–Trinajstić information content (AvgIpc) is 3.89. The molecule has 338 valence electrons. The van der Waals surface area contributed by atoms with Gasteiger partial charge in [-0.2, -0.15) is 8.42 Å². The maximum atomic E-state index is 12.4. The Labute approximate surface area is 371 Å². The first-order chi connectivity index (χ1) is 29.6. The van der Waals surface area contributed by atoms with Gasteiger partial charge in [0, 0.05) is 31.7 Å². The molecule has 0 aromatic heterocycles. The van der Waals surface area contributed by atoms with Crippen molar-refractivity contribution in [1.82, 2.24) is 9.80 Å². The van der Waals surface area contributed by atoms with Gasteiger partial charge in [0.15, 0.2) is 4.90 Å². The zero-order valence-corrected chi connectivity index (χ0v) is 38.5. The monoisotopic (exact) mass is 882 g/mol. The van der Waals surface area contributed by atoms with E-state index in [0.29, 0.717) is 18.3 Å². The highest BCUT2D eigenvalue weighted by Gasteiger charge is 2.36. The lowest BCUT2D eigenvalue weighted by Crippen LogP contribution is -2.36. The molecule has 2 saturated heterocycles. The van der Waals surface area contributed by atoms with Gasteiger partial charge in [0.25, 0.3) is 5.69 Å². The second kappa shape index (κ2) is 20.7. The molecule has 14 heteroatoms. The molecule has 0 bridgehead atoms. The number of carbonyl (C=O) groups excluding carboxylic acids is 2. The van der Waals surface area contributed by atoms with Crippen molar-refractivity contribution in [2.24, 2.45) is 11.7 Å². The summed E-state index contributed by atoms with van der Waals surface area (Å²) in [7, 11) is -4.32. The summed E-state index contributed by atoms with van der Waals surface area (Å²) < 4.78 is 40.6. The number of nitro groups is 1. The lowest BCUT2D eigenvalue weighted by Gasteiger charge is -2.25. The second-order valence-electron chi connectivity index (χ2n) is 18.3. The van der Waals surface area contributed by atoms with Crippen molar-refractivity contribution in [2.45, 2.75) is 109 Å². The van der Waals surface area contributed by atoms with Crippen LogP contribution in [0.3, 0.4) is 0 Å². The normalized spacial score (nSPS) is 17.5. The number of nitro benzene ring substituents is 1.